The van der Waals surface area contributed by atoms with E-state index in [0.29, 0.717) is 17.8 Å². The van der Waals surface area contributed by atoms with Crippen LogP contribution in [0, 0.1) is 0 Å². The summed E-state index contributed by atoms with van der Waals surface area (Å²) in [7, 11) is 0. The Bertz CT molecular complexity index is 1660. The van der Waals surface area contributed by atoms with Gasteiger partial charge >= 0.3 is 24.7 Å². The van der Waals surface area contributed by atoms with Crippen LogP contribution in [-0.4, -0.2) is 22.6 Å². The van der Waals surface area contributed by atoms with E-state index in [1.165, 1.54) is 36.4 Å². The van der Waals surface area contributed by atoms with E-state index in [4.69, 9.17) is 0 Å². The number of aliphatic imine (C=N–C) groups is 2. The molecule has 2 N–H and O–H groups in total. The van der Waals surface area contributed by atoms with Crippen LogP contribution in [0.2, 0.25) is 0 Å². The molecule has 0 aliphatic carbocycles. The van der Waals surface area contributed by atoms with Crippen molar-refractivity contribution in [1.82, 2.24) is 0 Å². The van der Waals surface area contributed by atoms with E-state index in [0.717, 1.165) is 0 Å². The van der Waals surface area contributed by atoms with Crippen molar-refractivity contribution in [3.63, 3.8) is 0 Å². The van der Waals surface area contributed by atoms with Gasteiger partial charge in [0.15, 0.2) is 0 Å². The van der Waals surface area contributed by atoms with Crippen molar-refractivity contribution in [3.05, 3.63) is 94.0 Å². The van der Waals surface area contributed by atoms with Gasteiger partial charge in [-0.25, -0.2) is 0 Å². The standard InChI is InChI=1S/C28H14F12N2O2/c29-25(30,31)16-7-14(23(43)18(9-16)27(35,36)37)11-41-20-5-1-3-13-4-2-6-21(22(13)20)42-12-15-8-17(26(32,33)34)10-19(24(15)44)28(38,39)40/h1-12,43-44H. The first-order valence-corrected chi connectivity index (χ1v) is 11.8. The molecule has 16 heteroatoms. The molecule has 4 aromatic carbocycles. The van der Waals surface area contributed by atoms with Gasteiger partial charge in [-0.15, -0.1) is 0 Å². The number of fused-ring (bicyclic) bond motifs is 1. The summed E-state index contributed by atoms with van der Waals surface area (Å²) >= 11 is 0. The highest BCUT2D eigenvalue weighted by atomic mass is 19.4. The van der Waals surface area contributed by atoms with Crippen molar-refractivity contribution >= 4 is 34.6 Å². The topological polar surface area (TPSA) is 65.2 Å². The molecular weight excluding hydrogens is 624 g/mol. The molecule has 0 bridgehead atoms. The highest BCUT2D eigenvalue weighted by Gasteiger charge is 2.41. The minimum atomic E-state index is -5.36. The smallest absolute Gasteiger partial charge is 0.419 e. The molecule has 0 aliphatic heterocycles. The second kappa shape index (κ2) is 11.1. The van der Waals surface area contributed by atoms with Crippen LogP contribution in [0.3, 0.4) is 0 Å². The lowest BCUT2D eigenvalue weighted by Gasteiger charge is -2.15. The predicted molar refractivity (Wildman–Crippen MR) is 135 cm³/mol. The van der Waals surface area contributed by atoms with Crippen LogP contribution in [0.1, 0.15) is 33.4 Å². The molecule has 0 saturated carbocycles. The zero-order valence-electron chi connectivity index (χ0n) is 21.3. The zero-order valence-corrected chi connectivity index (χ0v) is 21.3. The maximum Gasteiger partial charge on any atom is 0.419 e. The molecule has 0 spiro atoms. The molecule has 0 unspecified atom stereocenters. The van der Waals surface area contributed by atoms with Gasteiger partial charge in [0, 0.05) is 28.9 Å². The summed E-state index contributed by atoms with van der Waals surface area (Å²) in [4.78, 5) is 7.79. The first-order chi connectivity index (χ1) is 20.2. The van der Waals surface area contributed by atoms with Crippen LogP contribution in [0.4, 0.5) is 64.1 Å². The highest BCUT2D eigenvalue weighted by Crippen LogP contribution is 2.44. The van der Waals surface area contributed by atoms with Crippen molar-refractivity contribution in [3.8, 4) is 11.5 Å². The van der Waals surface area contributed by atoms with Crippen LogP contribution in [0.5, 0.6) is 11.5 Å². The van der Waals surface area contributed by atoms with E-state index in [2.05, 4.69) is 9.98 Å². The van der Waals surface area contributed by atoms with E-state index in [-0.39, 0.29) is 41.0 Å². The number of hydrogen-bond acceptors (Lipinski definition) is 4. The molecule has 4 rings (SSSR count). The van der Waals surface area contributed by atoms with Crippen molar-refractivity contribution in [2.75, 3.05) is 0 Å². The van der Waals surface area contributed by atoms with Crippen LogP contribution in [0.25, 0.3) is 10.8 Å². The molecule has 4 aromatic rings. The van der Waals surface area contributed by atoms with Crippen LogP contribution in [0.15, 0.2) is 70.6 Å². The molecule has 0 aliphatic rings. The quantitative estimate of drug-likeness (QED) is 0.173. The number of halogens is 12. The third-order valence-electron chi connectivity index (χ3n) is 6.09. The first kappa shape index (κ1) is 32.2. The Balaban J connectivity index is 1.87. The van der Waals surface area contributed by atoms with E-state index in [1.807, 2.05) is 0 Å². The fourth-order valence-corrected chi connectivity index (χ4v) is 4.07. The molecule has 0 heterocycles. The van der Waals surface area contributed by atoms with Gasteiger partial charge in [0.2, 0.25) is 0 Å². The van der Waals surface area contributed by atoms with Gasteiger partial charge in [0.25, 0.3) is 0 Å². The number of alkyl halides is 12. The summed E-state index contributed by atoms with van der Waals surface area (Å²) in [5.41, 5.74) is -9.66. The van der Waals surface area contributed by atoms with Crippen molar-refractivity contribution < 1.29 is 62.9 Å². The average Bonchev–Trinajstić information content (AvgIpc) is 2.89. The summed E-state index contributed by atoms with van der Waals surface area (Å²) in [6.07, 6.45) is -20.1. The molecule has 0 fully saturated rings. The lowest BCUT2D eigenvalue weighted by molar-refractivity contribution is -0.145. The highest BCUT2D eigenvalue weighted by molar-refractivity contribution is 6.04. The Kier molecular flexibility index (Phi) is 8.09. The number of aromatic hydroxyl groups is 2. The summed E-state index contributed by atoms with van der Waals surface area (Å²) in [5.74, 6) is -3.10. The molecule has 0 aromatic heterocycles. The van der Waals surface area contributed by atoms with Gasteiger partial charge in [-0.2, -0.15) is 52.7 Å². The Morgan fingerprint density at radius 2 is 0.864 bits per heavy atom. The lowest BCUT2D eigenvalue weighted by atomic mass is 10.0. The summed E-state index contributed by atoms with van der Waals surface area (Å²) < 4.78 is 160. The number of nitrogens with zero attached hydrogens (tertiary/aromatic N) is 2. The van der Waals surface area contributed by atoms with Crippen LogP contribution < -0.4 is 0 Å². The van der Waals surface area contributed by atoms with Crippen molar-refractivity contribution in [2.24, 2.45) is 9.98 Å². The molecule has 0 amide bonds. The first-order valence-electron chi connectivity index (χ1n) is 11.8. The fraction of sp³-hybridized carbons (Fsp3) is 0.143. The van der Waals surface area contributed by atoms with E-state index >= 15 is 0 Å². The minimum Gasteiger partial charge on any atom is -0.507 e. The van der Waals surface area contributed by atoms with Gasteiger partial charge in [-0.1, -0.05) is 24.3 Å². The fourth-order valence-electron chi connectivity index (χ4n) is 4.07. The minimum absolute atomic E-state index is 0.0209. The van der Waals surface area contributed by atoms with Gasteiger partial charge in [0.05, 0.1) is 33.6 Å². The summed E-state index contributed by atoms with van der Waals surface area (Å²) in [6, 6.07) is 8.05. The summed E-state index contributed by atoms with van der Waals surface area (Å²) in [5, 5.41) is 20.5. The van der Waals surface area contributed by atoms with Gasteiger partial charge in [-0.3, -0.25) is 9.98 Å². The molecule has 232 valence electrons. The SMILES string of the molecule is Oc1c(C=Nc2cccc3cccc(N=Cc4cc(C(F)(F)F)cc(C(F)(F)F)c4O)c23)cc(C(F)(F)F)cc1C(F)(F)F. The van der Waals surface area contributed by atoms with Gasteiger partial charge < -0.3 is 10.2 Å². The van der Waals surface area contributed by atoms with E-state index in [1.54, 1.807) is 0 Å². The molecular formula is C28H14F12N2O2. The van der Waals surface area contributed by atoms with Crippen LogP contribution in [-0.2, 0) is 24.7 Å². The second-order valence-corrected chi connectivity index (χ2v) is 9.08. The Morgan fingerprint density at radius 3 is 1.18 bits per heavy atom. The summed E-state index contributed by atoms with van der Waals surface area (Å²) in [6.45, 7) is 0. The molecule has 44 heavy (non-hydrogen) atoms. The van der Waals surface area contributed by atoms with Crippen molar-refractivity contribution in [1.29, 1.82) is 0 Å². The van der Waals surface area contributed by atoms with Crippen LogP contribution >= 0.6 is 0 Å². The Labute approximate surface area is 238 Å². The van der Waals surface area contributed by atoms with E-state index < -0.39 is 69.6 Å². The Morgan fingerprint density at radius 1 is 0.500 bits per heavy atom. The molecule has 0 radical (unpaired) electrons. The van der Waals surface area contributed by atoms with Crippen molar-refractivity contribution in [2.45, 2.75) is 24.7 Å². The number of rotatable bonds is 4. The van der Waals surface area contributed by atoms with E-state index in [9.17, 15) is 62.9 Å². The predicted octanol–water partition coefficient (Wildman–Crippen LogP) is 9.83. The molecule has 0 saturated heterocycles. The largest absolute Gasteiger partial charge is 0.507 e. The normalized spacial score (nSPS) is 13.5. The number of phenols is 2. The number of benzene rings is 4. The third-order valence-corrected chi connectivity index (χ3v) is 6.09. The lowest BCUT2D eigenvalue weighted by Crippen LogP contribution is -2.12. The van der Waals surface area contributed by atoms with Gasteiger partial charge in [-0.05, 0) is 41.8 Å². The monoisotopic (exact) mass is 638 g/mol. The molecule has 4 nitrogen and oxygen atoms in total. The van der Waals surface area contributed by atoms with Gasteiger partial charge in [0.1, 0.15) is 11.5 Å². The Hall–Kier alpha value is -4.76. The molecule has 0 atom stereocenters. The number of hydrogen-bond donors (Lipinski definition) is 2. The average molecular weight is 638 g/mol. The number of phenolic OH excluding ortho intramolecular Hbond substituents is 2. The third kappa shape index (κ3) is 6.73. The maximum absolute atomic E-state index is 13.3. The second-order valence-electron chi connectivity index (χ2n) is 9.08. The maximum atomic E-state index is 13.3. The zero-order chi connectivity index (χ0) is 32.8.